The Morgan fingerprint density at radius 2 is 1.71 bits per heavy atom. The minimum atomic E-state index is 0. The van der Waals surface area contributed by atoms with E-state index in [1.54, 1.807) is 0 Å². The molecule has 1 fully saturated rings. The van der Waals surface area contributed by atoms with Gasteiger partial charge in [-0.2, -0.15) is 0 Å². The number of nitrogens with one attached hydrogen (secondary N) is 1. The molecular formula is C5H11BrN. The maximum absolute atomic E-state index is 3.25. The molecule has 0 spiro atoms. The van der Waals surface area contributed by atoms with Gasteiger partial charge in [0.15, 0.2) is 0 Å². The first-order valence-corrected chi connectivity index (χ1v) is 2.52. The average molecular weight is 165 g/mol. The molecule has 0 atom stereocenters. The van der Waals surface area contributed by atoms with E-state index >= 15 is 0 Å². The topological polar surface area (TPSA) is 12.0 Å². The summed E-state index contributed by atoms with van der Waals surface area (Å²) in [5, 5.41) is 3.25. The van der Waals surface area contributed by atoms with Gasteiger partial charge < -0.3 is 5.32 Å². The van der Waals surface area contributed by atoms with Crippen molar-refractivity contribution >= 4 is 17.0 Å². The van der Waals surface area contributed by atoms with E-state index in [0.717, 1.165) is 0 Å². The zero-order valence-corrected chi connectivity index (χ0v) is 6.03. The second-order valence-electron chi connectivity index (χ2n) is 1.62. The molecule has 0 bridgehead atoms. The molecule has 43 valence electrons. The van der Waals surface area contributed by atoms with Gasteiger partial charge in [0.25, 0.3) is 0 Å². The van der Waals surface area contributed by atoms with Gasteiger partial charge in [-0.15, -0.1) is 17.0 Å². The Morgan fingerprint density at radius 3 is 1.86 bits per heavy atom. The fraction of sp³-hybridized carbons (Fsp3) is 0.800. The van der Waals surface area contributed by atoms with Gasteiger partial charge >= 0.3 is 0 Å². The van der Waals surface area contributed by atoms with Gasteiger partial charge in [0.2, 0.25) is 0 Å². The predicted molar refractivity (Wildman–Crippen MR) is 36.7 cm³/mol. The highest BCUT2D eigenvalue weighted by atomic mass is 79.9. The van der Waals surface area contributed by atoms with Crippen LogP contribution in [0.5, 0.6) is 0 Å². The zero-order chi connectivity index (χ0) is 4.24. The number of piperidine rings is 1. The Balaban J connectivity index is 0.000000360. The molecule has 1 aliphatic heterocycles. The molecule has 0 aromatic rings. The Labute approximate surface area is 55.3 Å². The third-order valence-electron chi connectivity index (χ3n) is 1.05. The van der Waals surface area contributed by atoms with Crippen LogP contribution in [0.3, 0.4) is 0 Å². The highest BCUT2D eigenvalue weighted by Crippen LogP contribution is 1.94. The molecule has 1 saturated heterocycles. The van der Waals surface area contributed by atoms with E-state index < -0.39 is 0 Å². The Hall–Kier alpha value is 0.440. The van der Waals surface area contributed by atoms with Crippen molar-refractivity contribution in [2.75, 3.05) is 13.1 Å². The van der Waals surface area contributed by atoms with Crippen LogP contribution in [0.2, 0.25) is 0 Å². The van der Waals surface area contributed by atoms with E-state index in [1.807, 2.05) is 0 Å². The largest absolute Gasteiger partial charge is 0.317 e. The van der Waals surface area contributed by atoms with E-state index in [1.165, 1.54) is 25.9 Å². The predicted octanol–water partition coefficient (Wildman–Crippen LogP) is 1.15. The lowest BCUT2D eigenvalue weighted by Crippen LogP contribution is -2.21. The highest BCUT2D eigenvalue weighted by Gasteiger charge is 1.94. The van der Waals surface area contributed by atoms with Gasteiger partial charge in [-0.25, -0.2) is 0 Å². The number of halogens is 1. The van der Waals surface area contributed by atoms with Crippen LogP contribution in [-0.2, 0) is 0 Å². The first-order valence-electron chi connectivity index (χ1n) is 2.52. The first-order chi connectivity index (χ1) is 3.00. The van der Waals surface area contributed by atoms with Crippen LogP contribution >= 0.6 is 17.0 Å². The van der Waals surface area contributed by atoms with Crippen LogP contribution < -0.4 is 5.32 Å². The fourth-order valence-corrected chi connectivity index (χ4v) is 0.678. The molecule has 1 heterocycles. The minimum absolute atomic E-state index is 0. The molecule has 1 nitrogen and oxygen atoms in total. The van der Waals surface area contributed by atoms with Gasteiger partial charge in [-0.3, -0.25) is 0 Å². The third-order valence-corrected chi connectivity index (χ3v) is 1.05. The van der Waals surface area contributed by atoms with E-state index in [4.69, 9.17) is 0 Å². The van der Waals surface area contributed by atoms with E-state index in [2.05, 4.69) is 11.7 Å². The Kier molecular flexibility index (Phi) is 4.88. The summed E-state index contributed by atoms with van der Waals surface area (Å²) in [5.41, 5.74) is 0. The molecule has 7 heavy (non-hydrogen) atoms. The van der Waals surface area contributed by atoms with Crippen molar-refractivity contribution in [3.8, 4) is 0 Å². The summed E-state index contributed by atoms with van der Waals surface area (Å²) in [6, 6.07) is 0. The van der Waals surface area contributed by atoms with Crippen LogP contribution in [0.1, 0.15) is 12.8 Å². The molecule has 0 aromatic heterocycles. The van der Waals surface area contributed by atoms with Crippen LogP contribution in [-0.4, -0.2) is 13.1 Å². The summed E-state index contributed by atoms with van der Waals surface area (Å²) >= 11 is 0. The number of hydrogen-bond donors (Lipinski definition) is 1. The molecule has 1 radical (unpaired) electrons. The average Bonchev–Trinajstić information content (AvgIpc) is 1.72. The minimum Gasteiger partial charge on any atom is -0.317 e. The summed E-state index contributed by atoms with van der Waals surface area (Å²) in [6.07, 6.45) is 4.86. The first kappa shape index (κ1) is 7.44. The lowest BCUT2D eigenvalue weighted by Gasteiger charge is -2.08. The van der Waals surface area contributed by atoms with E-state index in [-0.39, 0.29) is 17.0 Å². The van der Waals surface area contributed by atoms with Crippen LogP contribution in [0.15, 0.2) is 0 Å². The maximum atomic E-state index is 3.25. The molecule has 1 N–H and O–H groups in total. The second kappa shape index (κ2) is 4.60. The standard InChI is InChI=1S/C5H10N.BrH/c1-2-4-6-5-3-1;/h1,6H,2-5H2;1H. The fourth-order valence-electron chi connectivity index (χ4n) is 0.678. The molecule has 1 aliphatic rings. The summed E-state index contributed by atoms with van der Waals surface area (Å²) < 4.78 is 0. The van der Waals surface area contributed by atoms with Gasteiger partial charge in [0.05, 0.1) is 0 Å². The molecular weight excluding hydrogens is 154 g/mol. The van der Waals surface area contributed by atoms with Gasteiger partial charge in [-0.05, 0) is 32.4 Å². The smallest absolute Gasteiger partial charge is 0.00462 e. The molecule has 0 saturated carbocycles. The van der Waals surface area contributed by atoms with Gasteiger partial charge in [-0.1, -0.05) is 0 Å². The Bertz CT molecular complexity index is 23.6. The quantitative estimate of drug-likeness (QED) is 0.567. The molecule has 2 heteroatoms. The normalized spacial score (nSPS) is 20.6. The molecule has 0 unspecified atom stereocenters. The van der Waals surface area contributed by atoms with Crippen molar-refractivity contribution in [2.45, 2.75) is 12.8 Å². The van der Waals surface area contributed by atoms with Gasteiger partial charge in [0.1, 0.15) is 0 Å². The van der Waals surface area contributed by atoms with E-state index in [0.29, 0.717) is 0 Å². The third kappa shape index (κ3) is 3.06. The summed E-state index contributed by atoms with van der Waals surface area (Å²) in [4.78, 5) is 0. The van der Waals surface area contributed by atoms with Crippen molar-refractivity contribution in [1.82, 2.24) is 5.32 Å². The van der Waals surface area contributed by atoms with Crippen molar-refractivity contribution in [2.24, 2.45) is 0 Å². The van der Waals surface area contributed by atoms with Crippen molar-refractivity contribution < 1.29 is 0 Å². The highest BCUT2D eigenvalue weighted by molar-refractivity contribution is 8.93. The van der Waals surface area contributed by atoms with Crippen molar-refractivity contribution in [3.05, 3.63) is 6.42 Å². The molecule has 0 aromatic carbocycles. The zero-order valence-electron chi connectivity index (χ0n) is 4.31. The second-order valence-corrected chi connectivity index (χ2v) is 1.62. The number of hydrogen-bond acceptors (Lipinski definition) is 1. The van der Waals surface area contributed by atoms with Crippen molar-refractivity contribution in [1.29, 1.82) is 0 Å². The monoisotopic (exact) mass is 164 g/mol. The summed E-state index contributed by atoms with van der Waals surface area (Å²) in [7, 11) is 0. The molecule has 1 rings (SSSR count). The van der Waals surface area contributed by atoms with Crippen LogP contribution in [0.25, 0.3) is 0 Å². The van der Waals surface area contributed by atoms with E-state index in [9.17, 15) is 0 Å². The van der Waals surface area contributed by atoms with Gasteiger partial charge in [0, 0.05) is 0 Å². The number of rotatable bonds is 0. The SMILES string of the molecule is Br.[CH]1CCNCC1. The molecule has 0 amide bonds. The molecule has 0 aliphatic carbocycles. The Morgan fingerprint density at radius 1 is 1.14 bits per heavy atom. The maximum Gasteiger partial charge on any atom is -0.00462 e. The van der Waals surface area contributed by atoms with Crippen molar-refractivity contribution in [3.63, 3.8) is 0 Å². The summed E-state index contributed by atoms with van der Waals surface area (Å²) in [5.74, 6) is 0. The van der Waals surface area contributed by atoms with Crippen LogP contribution in [0, 0.1) is 6.42 Å². The van der Waals surface area contributed by atoms with Crippen LogP contribution in [0.4, 0.5) is 0 Å². The lowest BCUT2D eigenvalue weighted by molar-refractivity contribution is 0.604. The lowest BCUT2D eigenvalue weighted by atomic mass is 10.2. The summed E-state index contributed by atoms with van der Waals surface area (Å²) in [6.45, 7) is 2.39.